The Morgan fingerprint density at radius 1 is 1.00 bits per heavy atom. The average molecular weight is 268 g/mol. The third-order valence-electron chi connectivity index (χ3n) is 2.77. The smallest absolute Gasteiger partial charge is 0.430 e. The lowest BCUT2D eigenvalue weighted by Gasteiger charge is -2.10. The Bertz CT molecular complexity index is 576. The van der Waals surface area contributed by atoms with Crippen molar-refractivity contribution in [1.82, 2.24) is 0 Å². The van der Waals surface area contributed by atoms with Crippen LogP contribution in [0.5, 0.6) is 0 Å². The van der Waals surface area contributed by atoms with E-state index in [2.05, 4.69) is 6.58 Å². The highest BCUT2D eigenvalue weighted by molar-refractivity contribution is 5.67. The van der Waals surface area contributed by atoms with E-state index in [0.29, 0.717) is 0 Å². The van der Waals surface area contributed by atoms with Gasteiger partial charge in [-0.2, -0.15) is 0 Å². The van der Waals surface area contributed by atoms with Crippen LogP contribution in [0.4, 0.5) is 4.79 Å². The quantitative estimate of drug-likeness (QED) is 0.602. The lowest BCUT2D eigenvalue weighted by Crippen LogP contribution is -2.07. The van der Waals surface area contributed by atoms with Gasteiger partial charge < -0.3 is 9.47 Å². The monoisotopic (exact) mass is 268 g/mol. The van der Waals surface area contributed by atoms with Crippen LogP contribution < -0.4 is 0 Å². The summed E-state index contributed by atoms with van der Waals surface area (Å²) in [7, 11) is 0. The van der Waals surface area contributed by atoms with E-state index in [1.807, 2.05) is 54.6 Å². The van der Waals surface area contributed by atoms with Gasteiger partial charge in [0.2, 0.25) is 0 Å². The number of carbonyl (C=O) groups excluding carboxylic acids is 1. The molecule has 2 rings (SSSR count). The average Bonchev–Trinajstić information content (AvgIpc) is 2.52. The number of ether oxygens (including phenoxy) is 2. The van der Waals surface area contributed by atoms with E-state index in [1.165, 1.54) is 6.08 Å². The van der Waals surface area contributed by atoms with E-state index in [9.17, 15) is 4.79 Å². The second kappa shape index (κ2) is 7.14. The van der Waals surface area contributed by atoms with E-state index < -0.39 is 6.16 Å². The standard InChI is InChI=1S/C17H16O3/c1-2-12-19-17(18)20-13-15-10-6-7-11-16(15)14-8-4-3-5-9-14/h2-11H,1,12-13H2. The van der Waals surface area contributed by atoms with E-state index >= 15 is 0 Å². The zero-order valence-corrected chi connectivity index (χ0v) is 11.1. The van der Waals surface area contributed by atoms with Gasteiger partial charge in [-0.15, -0.1) is 0 Å². The fourth-order valence-electron chi connectivity index (χ4n) is 1.85. The summed E-state index contributed by atoms with van der Waals surface area (Å²) in [6.45, 7) is 3.81. The van der Waals surface area contributed by atoms with Crippen molar-refractivity contribution in [3.8, 4) is 11.1 Å². The number of benzene rings is 2. The van der Waals surface area contributed by atoms with Gasteiger partial charge in [-0.1, -0.05) is 67.3 Å². The zero-order chi connectivity index (χ0) is 14.2. The van der Waals surface area contributed by atoms with Crippen LogP contribution in [-0.2, 0) is 16.1 Å². The second-order valence-electron chi connectivity index (χ2n) is 4.16. The second-order valence-corrected chi connectivity index (χ2v) is 4.16. The molecule has 0 bridgehead atoms. The fourth-order valence-corrected chi connectivity index (χ4v) is 1.85. The maximum atomic E-state index is 11.3. The number of rotatable bonds is 5. The van der Waals surface area contributed by atoms with Crippen molar-refractivity contribution in [2.75, 3.05) is 6.61 Å². The molecule has 0 aromatic heterocycles. The van der Waals surface area contributed by atoms with Crippen LogP contribution in [0.3, 0.4) is 0 Å². The van der Waals surface area contributed by atoms with Crippen molar-refractivity contribution in [3.05, 3.63) is 72.8 Å². The summed E-state index contributed by atoms with van der Waals surface area (Å²) in [6.07, 6.45) is 0.812. The molecule has 0 fully saturated rings. The van der Waals surface area contributed by atoms with Crippen molar-refractivity contribution >= 4 is 6.16 Å². The molecule has 102 valence electrons. The van der Waals surface area contributed by atoms with Crippen molar-refractivity contribution in [3.63, 3.8) is 0 Å². The first kappa shape index (κ1) is 13.9. The summed E-state index contributed by atoms with van der Waals surface area (Å²) >= 11 is 0. The molecule has 0 aliphatic heterocycles. The molecule has 2 aromatic carbocycles. The van der Waals surface area contributed by atoms with Crippen LogP contribution in [0.2, 0.25) is 0 Å². The topological polar surface area (TPSA) is 35.5 Å². The predicted octanol–water partition coefficient (Wildman–Crippen LogP) is 4.19. The van der Waals surface area contributed by atoms with Gasteiger partial charge in [-0.3, -0.25) is 0 Å². The lowest BCUT2D eigenvalue weighted by atomic mass is 10.0. The molecule has 0 N–H and O–H groups in total. The van der Waals surface area contributed by atoms with Gasteiger partial charge in [-0.25, -0.2) is 4.79 Å². The summed E-state index contributed by atoms with van der Waals surface area (Å²) in [5.41, 5.74) is 3.07. The first-order valence-corrected chi connectivity index (χ1v) is 6.35. The van der Waals surface area contributed by atoms with E-state index in [1.54, 1.807) is 0 Å². The van der Waals surface area contributed by atoms with Gasteiger partial charge in [0.15, 0.2) is 0 Å². The summed E-state index contributed by atoms with van der Waals surface area (Å²) in [6, 6.07) is 17.8. The first-order chi connectivity index (χ1) is 9.81. The molecule has 0 aliphatic rings. The molecule has 0 saturated heterocycles. The Morgan fingerprint density at radius 2 is 1.70 bits per heavy atom. The molecule has 0 amide bonds. The number of hydrogen-bond donors (Lipinski definition) is 0. The summed E-state index contributed by atoms with van der Waals surface area (Å²) in [4.78, 5) is 11.3. The largest absolute Gasteiger partial charge is 0.508 e. The van der Waals surface area contributed by atoms with Crippen LogP contribution in [0.15, 0.2) is 67.3 Å². The molecule has 2 aromatic rings. The van der Waals surface area contributed by atoms with Crippen LogP contribution in [0.25, 0.3) is 11.1 Å². The third-order valence-corrected chi connectivity index (χ3v) is 2.77. The third kappa shape index (κ3) is 3.72. The minimum atomic E-state index is -0.687. The minimum Gasteiger partial charge on any atom is -0.430 e. The maximum absolute atomic E-state index is 11.3. The molecule has 0 radical (unpaired) electrons. The summed E-state index contributed by atoms with van der Waals surface area (Å²) < 4.78 is 9.86. The maximum Gasteiger partial charge on any atom is 0.508 e. The molecule has 20 heavy (non-hydrogen) atoms. The Hall–Kier alpha value is -2.55. The Morgan fingerprint density at radius 3 is 2.45 bits per heavy atom. The van der Waals surface area contributed by atoms with Crippen LogP contribution in [-0.4, -0.2) is 12.8 Å². The van der Waals surface area contributed by atoms with E-state index in [0.717, 1.165) is 16.7 Å². The van der Waals surface area contributed by atoms with Crippen molar-refractivity contribution in [1.29, 1.82) is 0 Å². The van der Waals surface area contributed by atoms with Crippen LogP contribution in [0, 0.1) is 0 Å². The van der Waals surface area contributed by atoms with Crippen LogP contribution in [0.1, 0.15) is 5.56 Å². The molecule has 0 unspecified atom stereocenters. The van der Waals surface area contributed by atoms with Gasteiger partial charge in [0.05, 0.1) is 0 Å². The van der Waals surface area contributed by atoms with E-state index in [4.69, 9.17) is 9.47 Å². The number of hydrogen-bond acceptors (Lipinski definition) is 3. The SMILES string of the molecule is C=CCOC(=O)OCc1ccccc1-c1ccccc1. The molecule has 3 heteroatoms. The fraction of sp³-hybridized carbons (Fsp3) is 0.118. The normalized spacial score (nSPS) is 9.80. The van der Waals surface area contributed by atoms with Gasteiger partial charge in [-0.05, 0) is 16.7 Å². The molecule has 3 nitrogen and oxygen atoms in total. The summed E-state index contributed by atoms with van der Waals surface area (Å²) in [5.74, 6) is 0. The molecular formula is C17H16O3. The molecular weight excluding hydrogens is 252 g/mol. The molecule has 0 spiro atoms. The van der Waals surface area contributed by atoms with Crippen molar-refractivity contribution < 1.29 is 14.3 Å². The minimum absolute atomic E-state index is 0.152. The van der Waals surface area contributed by atoms with Gasteiger partial charge in [0.1, 0.15) is 13.2 Å². The highest BCUT2D eigenvalue weighted by Gasteiger charge is 2.08. The zero-order valence-electron chi connectivity index (χ0n) is 11.1. The first-order valence-electron chi connectivity index (χ1n) is 6.35. The van der Waals surface area contributed by atoms with Gasteiger partial charge in [0, 0.05) is 0 Å². The molecule has 0 heterocycles. The Kier molecular flexibility index (Phi) is 4.95. The molecule has 0 atom stereocenters. The highest BCUT2D eigenvalue weighted by atomic mass is 16.7. The Balaban J connectivity index is 2.09. The van der Waals surface area contributed by atoms with Gasteiger partial charge >= 0.3 is 6.16 Å². The Labute approximate surface area is 118 Å². The van der Waals surface area contributed by atoms with E-state index in [-0.39, 0.29) is 13.2 Å². The van der Waals surface area contributed by atoms with Crippen molar-refractivity contribution in [2.24, 2.45) is 0 Å². The van der Waals surface area contributed by atoms with Crippen LogP contribution >= 0.6 is 0 Å². The van der Waals surface area contributed by atoms with Crippen molar-refractivity contribution in [2.45, 2.75) is 6.61 Å². The summed E-state index contributed by atoms with van der Waals surface area (Å²) in [5, 5.41) is 0. The lowest BCUT2D eigenvalue weighted by molar-refractivity contribution is 0.0578. The predicted molar refractivity (Wildman–Crippen MR) is 78.2 cm³/mol. The van der Waals surface area contributed by atoms with Gasteiger partial charge in [0.25, 0.3) is 0 Å². The molecule has 0 saturated carbocycles. The highest BCUT2D eigenvalue weighted by Crippen LogP contribution is 2.23. The molecule has 0 aliphatic carbocycles. The number of carbonyl (C=O) groups is 1.